The van der Waals surface area contributed by atoms with Crippen LogP contribution >= 0.6 is 31.6 Å². The number of phosphoric acid groups is 2. The van der Waals surface area contributed by atoms with Gasteiger partial charge in [-0.2, -0.15) is 9.97 Å². The minimum atomic E-state index is -5.71. The van der Waals surface area contributed by atoms with Crippen molar-refractivity contribution in [2.45, 2.75) is 111 Å². The van der Waals surface area contributed by atoms with Crippen LogP contribution in [0.25, 0.3) is 22.3 Å². The minimum Gasteiger partial charge on any atom is -0.497 e. The number of hydrogen-bond acceptors (Lipinski definition) is 34. The molecule has 16 N–H and O–H groups in total. The molecule has 0 spiro atoms. The Labute approximate surface area is 550 Å². The summed E-state index contributed by atoms with van der Waals surface area (Å²) in [6, 6.07) is 5.37. The van der Waals surface area contributed by atoms with Crippen molar-refractivity contribution in [3.8, 4) is 5.75 Å². The molecule has 20 atom stereocenters. The fourth-order valence-electron chi connectivity index (χ4n) is 11.3. The molecule has 98 heavy (non-hydrogen) atoms. The maximum absolute atomic E-state index is 14.7. The number of nitrogens with two attached hydrogens (primary N) is 3. The van der Waals surface area contributed by atoms with E-state index < -0.39 is 180 Å². The number of hydrogen-bond donors (Lipinski definition) is 13. The summed E-state index contributed by atoms with van der Waals surface area (Å²) >= 11 is 0. The Kier molecular flexibility index (Phi) is 21.6. The van der Waals surface area contributed by atoms with Crippen molar-refractivity contribution in [3.05, 3.63) is 101 Å². The SMILES string of the molecule is COc1ccc(C[C@H](NP(=O)(O)O[C@H]2C[C@H](n3cnc4c(N)ncnc43)O[C@@H]2COP(=O)(O)O[C@H]2[C@@H](O)[C@H](n3ccc(N)nc3=O)O[C@@H]2COP(=O)(O)O[C@H]2[C@@H](O)[C@H](n3ccc(N)nc3=O)O[C@@H]2CO[P+](=O)O)C(=O)N[C@H]2[C@@H](O)[C@H](n3cnc4c(N(C)C)ncnc43)O[C@@H]2CO)cc1. The van der Waals surface area contributed by atoms with Gasteiger partial charge >= 0.3 is 43.0 Å². The zero-order valence-electron chi connectivity index (χ0n) is 51.2. The van der Waals surface area contributed by atoms with Crippen molar-refractivity contribution in [2.24, 2.45) is 0 Å². The Morgan fingerprint density at radius 1 is 0.704 bits per heavy atom. The average Bonchev–Trinajstić information content (AvgIpc) is 1.64. The number of nitrogen functional groups attached to an aromatic ring is 3. The number of anilines is 4. The predicted octanol–water partition coefficient (Wildman–Crippen LogP) is -3.10. The Morgan fingerprint density at radius 2 is 1.24 bits per heavy atom. The summed E-state index contributed by atoms with van der Waals surface area (Å²) in [6.45, 7) is -3.97. The summed E-state index contributed by atoms with van der Waals surface area (Å²) < 4.78 is 120. The van der Waals surface area contributed by atoms with Crippen molar-refractivity contribution in [2.75, 3.05) is 69.7 Å². The van der Waals surface area contributed by atoms with Gasteiger partial charge in [-0.05, 0) is 36.2 Å². The molecule has 4 unspecified atom stereocenters. The molecule has 1 amide bonds. The van der Waals surface area contributed by atoms with Crippen LogP contribution in [0, 0.1) is 0 Å². The number of methoxy groups -OCH3 is 1. The van der Waals surface area contributed by atoms with E-state index in [1.54, 1.807) is 43.3 Å². The van der Waals surface area contributed by atoms with Gasteiger partial charge in [0.2, 0.25) is 5.91 Å². The summed E-state index contributed by atoms with van der Waals surface area (Å²) in [5.41, 5.74) is 16.3. The molecule has 10 heterocycles. The van der Waals surface area contributed by atoms with Crippen molar-refractivity contribution in [1.82, 2.24) is 68.5 Å². The summed E-state index contributed by atoms with van der Waals surface area (Å²) in [7, 11) is -15.2. The third-order valence-corrected chi connectivity index (χ3v) is 19.4. The Morgan fingerprint density at radius 3 is 1.82 bits per heavy atom. The molecule has 1 aromatic carbocycles. The van der Waals surface area contributed by atoms with Crippen LogP contribution in [0.1, 0.15) is 36.9 Å². The van der Waals surface area contributed by atoms with E-state index in [1.807, 2.05) is 0 Å². The molecule has 0 aliphatic carbocycles. The van der Waals surface area contributed by atoms with Crippen LogP contribution in [0.5, 0.6) is 5.75 Å². The fourth-order valence-corrected chi connectivity index (χ4v) is 14.7. The Bertz CT molecular complexity index is 4330. The smallest absolute Gasteiger partial charge is 0.497 e. The number of fused-ring (bicyclic) bond motifs is 2. The van der Waals surface area contributed by atoms with Gasteiger partial charge in [-0.15, -0.1) is 9.42 Å². The van der Waals surface area contributed by atoms with Crippen LogP contribution in [0.15, 0.2) is 83.7 Å². The number of aliphatic hydroxyl groups is 4. The first-order chi connectivity index (χ1) is 46.5. The van der Waals surface area contributed by atoms with E-state index >= 15 is 0 Å². The first-order valence-corrected chi connectivity index (χ1v) is 34.8. The number of nitrogens with one attached hydrogen (secondary N) is 2. The Hall–Kier alpha value is -7.42. The van der Waals surface area contributed by atoms with Crippen LogP contribution in [-0.4, -0.2) is 225 Å². The van der Waals surface area contributed by atoms with Crippen LogP contribution in [0.3, 0.4) is 0 Å². The van der Waals surface area contributed by atoms with E-state index in [9.17, 15) is 72.6 Å². The molecule has 48 heteroatoms. The molecule has 4 fully saturated rings. The number of ether oxygens (including phenoxy) is 5. The normalized spacial score (nSPS) is 28.7. The maximum Gasteiger partial charge on any atom is 0.694 e. The van der Waals surface area contributed by atoms with Crippen molar-refractivity contribution >= 4 is 83.2 Å². The van der Waals surface area contributed by atoms with Gasteiger partial charge < -0.3 is 86.2 Å². The highest BCUT2D eigenvalue weighted by Crippen LogP contribution is 2.53. The molecule has 0 saturated carbocycles. The number of carbonyl (C=O) groups excluding carboxylic acids is 1. The van der Waals surface area contributed by atoms with Crippen LogP contribution in [-0.2, 0) is 75.6 Å². The van der Waals surface area contributed by atoms with Crippen molar-refractivity contribution in [3.63, 3.8) is 0 Å². The van der Waals surface area contributed by atoms with E-state index in [-0.39, 0.29) is 40.7 Å². The number of rotatable bonds is 28. The maximum atomic E-state index is 14.7. The second-order valence-corrected chi connectivity index (χ2v) is 27.5. The van der Waals surface area contributed by atoms with Gasteiger partial charge in [-0.25, -0.2) is 58.3 Å². The van der Waals surface area contributed by atoms with Crippen molar-refractivity contribution < 1.29 is 114 Å². The highest BCUT2D eigenvalue weighted by Gasteiger charge is 2.54. The Balaban J connectivity index is 0.829. The number of nitrogens with zero attached hydrogens (tertiary/aromatic N) is 13. The van der Waals surface area contributed by atoms with Crippen LogP contribution in [0.2, 0.25) is 0 Å². The standard InChI is InChI=1S/C50H64N18O26P4/c1-64(2)42-35-44(57-19-55-42)68(21-59-35)46-36(70)33(26(14-69)89-46)62-45(73)24(12-22-4-6-23(84-3)7-5-22)63-96(78,79)92-25-13-32(67-20-58-34-41(53)54-18-56-43(34)67)88-27(25)16-86-97(80,81)94-40-29(91-48(38(40)72)66-11-9-31(52)61-50(66)75)17-87-98(82,83)93-39-28(15-85-95(76)77)90-47(37(39)71)65-10-8-30(51)60-49(65)74/h4-11,18-21,24-29,32-33,36-40,46-48,69-72H,12-17H2,1-3H3,(H11-,51,52,53,54,56,60,61,62,63,73,74,75,76,77,78,79,80,81,82,83)/p+1/t24-,25-,26+,27+,28+,29+,32+,33+,36+,37+,38+,39+,40+,46+,47+,48+/m0/s1. The molecule has 44 nitrogen and oxygen atoms in total. The summed E-state index contributed by atoms with van der Waals surface area (Å²) in [4.78, 5) is 119. The molecular weight excluding hydrogens is 1390 g/mol. The molecule has 0 bridgehead atoms. The third-order valence-electron chi connectivity index (χ3n) is 15.8. The van der Waals surface area contributed by atoms with Crippen LogP contribution < -0.4 is 48.6 Å². The second-order valence-electron chi connectivity index (χ2n) is 22.4. The molecule has 6 aromatic heterocycles. The number of carbonyl (C=O) groups is 1. The molecule has 4 aliphatic rings. The zero-order chi connectivity index (χ0) is 70.3. The largest absolute Gasteiger partial charge is 0.694 e. The first kappa shape index (κ1) is 71.9. The van der Waals surface area contributed by atoms with Gasteiger partial charge in [0.15, 0.2) is 47.1 Å². The number of benzene rings is 1. The van der Waals surface area contributed by atoms with Crippen molar-refractivity contribution in [1.29, 1.82) is 0 Å². The van der Waals surface area contributed by atoms with E-state index in [1.165, 1.54) is 35.2 Å². The van der Waals surface area contributed by atoms with E-state index in [0.29, 0.717) is 27.2 Å². The van der Waals surface area contributed by atoms with Gasteiger partial charge in [-0.1, -0.05) is 12.1 Å². The molecule has 11 rings (SSSR count). The van der Waals surface area contributed by atoms with Gasteiger partial charge in [-0.3, -0.25) is 45.7 Å². The topological polar surface area (TPSA) is 611 Å². The molecule has 0 radical (unpaired) electrons. The molecule has 530 valence electrons. The van der Waals surface area contributed by atoms with E-state index in [0.717, 1.165) is 35.4 Å². The minimum absolute atomic E-state index is 0.0550. The van der Waals surface area contributed by atoms with Crippen LogP contribution in [0.4, 0.5) is 23.3 Å². The lowest BCUT2D eigenvalue weighted by Gasteiger charge is -2.28. The molecule has 4 aliphatic heterocycles. The lowest BCUT2D eigenvalue weighted by Crippen LogP contribution is -2.54. The van der Waals surface area contributed by atoms with Gasteiger partial charge in [0.05, 0.1) is 45.6 Å². The van der Waals surface area contributed by atoms with Gasteiger partial charge in [0.1, 0.15) is 115 Å². The number of aromatic nitrogens is 12. The quantitative estimate of drug-likeness (QED) is 0.0216. The number of aliphatic hydroxyl groups excluding tert-OH is 4. The average molecular weight is 1460 g/mol. The predicted molar refractivity (Wildman–Crippen MR) is 328 cm³/mol. The number of amides is 1. The molecule has 4 saturated heterocycles. The monoisotopic (exact) mass is 1460 g/mol. The molecule has 7 aromatic rings. The highest BCUT2D eigenvalue weighted by atomic mass is 31.2. The number of imidazole rings is 2. The zero-order valence-corrected chi connectivity index (χ0v) is 54.7. The second kappa shape index (κ2) is 29.4. The summed E-state index contributed by atoms with van der Waals surface area (Å²) in [5.74, 6) is -0.729. The third kappa shape index (κ3) is 15.8. The van der Waals surface area contributed by atoms with Gasteiger partial charge in [0, 0.05) is 37.5 Å². The summed E-state index contributed by atoms with van der Waals surface area (Å²) in [5, 5.41) is 50.5. The molecular formula is C50H65N18O26P4+. The first-order valence-electron chi connectivity index (χ1n) is 29.1. The summed E-state index contributed by atoms with van der Waals surface area (Å²) in [6.07, 6.45) is -18.4. The highest BCUT2D eigenvalue weighted by molar-refractivity contribution is 7.50. The van der Waals surface area contributed by atoms with E-state index in [2.05, 4.69) is 50.3 Å². The fraction of sp³-hybridized carbons (Fsp3) is 0.500. The lowest BCUT2D eigenvalue weighted by molar-refractivity contribution is -0.124. The number of phosphoric ester groups is 2. The van der Waals surface area contributed by atoms with E-state index in [4.69, 9.17) is 68.0 Å². The lowest BCUT2D eigenvalue weighted by atomic mass is 10.0. The van der Waals surface area contributed by atoms with Gasteiger partial charge in [0.25, 0.3) is 0 Å².